The fraction of sp³-hybridized carbons (Fsp3) is 0.208. The van der Waals surface area contributed by atoms with Crippen molar-refractivity contribution in [2.24, 2.45) is 16.8 Å². The van der Waals surface area contributed by atoms with Crippen LogP contribution in [-0.2, 0) is 9.63 Å². The van der Waals surface area contributed by atoms with Crippen molar-refractivity contribution in [3.05, 3.63) is 89.9 Å². The maximum Gasteiger partial charge on any atom is 0.261 e. The second kappa shape index (κ2) is 10.9. The topological polar surface area (TPSA) is 98.8 Å². The Morgan fingerprint density at radius 1 is 1.09 bits per heavy atom. The van der Waals surface area contributed by atoms with Crippen molar-refractivity contribution in [2.75, 3.05) is 6.61 Å². The quantitative estimate of drug-likeness (QED) is 0.298. The molecule has 0 aliphatic rings. The van der Waals surface area contributed by atoms with Crippen LogP contribution in [0.5, 0.6) is 11.6 Å². The van der Waals surface area contributed by atoms with Crippen molar-refractivity contribution in [3.8, 4) is 11.6 Å². The van der Waals surface area contributed by atoms with Crippen LogP contribution in [0.4, 0.5) is 4.39 Å². The molecule has 7 nitrogen and oxygen atoms in total. The third-order valence-corrected chi connectivity index (χ3v) is 4.58. The van der Waals surface area contributed by atoms with E-state index < -0.39 is 0 Å². The predicted molar refractivity (Wildman–Crippen MR) is 120 cm³/mol. The van der Waals surface area contributed by atoms with Gasteiger partial charge in [0.25, 0.3) is 5.91 Å². The van der Waals surface area contributed by atoms with E-state index in [0.717, 1.165) is 5.56 Å². The summed E-state index contributed by atoms with van der Waals surface area (Å²) in [5.74, 6) is 0.269. The standard InChI is InChI=1S/C24H25FN4O3/c1-16(2)22(17-10-12-18(25)13-11-17)28-21(30)15-31-29-23(26)20-9-6-14-27-24(20)32-19-7-4-3-5-8-19/h3-14,16,22H,15H2,1-2H3,(H2,26,29)(H,28,30). The van der Waals surface area contributed by atoms with Gasteiger partial charge in [-0.15, -0.1) is 0 Å². The zero-order valence-electron chi connectivity index (χ0n) is 17.9. The number of carbonyl (C=O) groups is 1. The Hall–Kier alpha value is -3.94. The Kier molecular flexibility index (Phi) is 7.75. The molecule has 3 rings (SSSR count). The Labute approximate surface area is 186 Å². The normalized spacial score (nSPS) is 12.3. The summed E-state index contributed by atoms with van der Waals surface area (Å²) in [5.41, 5.74) is 7.26. The van der Waals surface area contributed by atoms with Crippen LogP contribution in [0.25, 0.3) is 0 Å². The van der Waals surface area contributed by atoms with E-state index in [9.17, 15) is 9.18 Å². The minimum Gasteiger partial charge on any atom is -0.438 e. The van der Waals surface area contributed by atoms with Gasteiger partial charge >= 0.3 is 0 Å². The maximum absolute atomic E-state index is 13.2. The SMILES string of the molecule is CC(C)C(NC(=O)CO/N=C(\N)c1cccnc1Oc1ccccc1)c1ccc(F)cc1. The van der Waals surface area contributed by atoms with E-state index in [1.165, 1.54) is 12.1 Å². The molecule has 0 aliphatic heterocycles. The number of rotatable bonds is 9. The molecule has 8 heteroatoms. The molecular weight excluding hydrogens is 411 g/mol. The van der Waals surface area contributed by atoms with Gasteiger partial charge in [0.1, 0.15) is 11.6 Å². The third kappa shape index (κ3) is 6.28. The highest BCUT2D eigenvalue weighted by atomic mass is 19.1. The van der Waals surface area contributed by atoms with Crippen LogP contribution in [0.2, 0.25) is 0 Å². The number of amides is 1. The number of nitrogens with zero attached hydrogens (tertiary/aromatic N) is 2. The summed E-state index contributed by atoms with van der Waals surface area (Å²) < 4.78 is 19.0. The Morgan fingerprint density at radius 2 is 1.81 bits per heavy atom. The van der Waals surface area contributed by atoms with Crippen molar-refractivity contribution >= 4 is 11.7 Å². The number of hydrogen-bond acceptors (Lipinski definition) is 5. The molecule has 0 radical (unpaired) electrons. The molecule has 0 spiro atoms. The Balaban J connectivity index is 1.62. The summed E-state index contributed by atoms with van der Waals surface area (Å²) in [6.45, 7) is 3.59. The number of halogens is 1. The summed E-state index contributed by atoms with van der Waals surface area (Å²) in [4.78, 5) is 21.7. The molecule has 1 atom stereocenters. The lowest BCUT2D eigenvalue weighted by molar-refractivity contribution is -0.126. The molecule has 0 saturated heterocycles. The highest BCUT2D eigenvalue weighted by Gasteiger charge is 2.19. The molecule has 1 amide bonds. The van der Waals surface area contributed by atoms with Gasteiger partial charge in [0, 0.05) is 6.20 Å². The second-order valence-corrected chi connectivity index (χ2v) is 7.36. The minimum atomic E-state index is -0.378. The lowest BCUT2D eigenvalue weighted by Crippen LogP contribution is -2.34. The van der Waals surface area contributed by atoms with Crippen LogP contribution in [0, 0.1) is 11.7 Å². The summed E-state index contributed by atoms with van der Waals surface area (Å²) in [6.07, 6.45) is 1.57. The van der Waals surface area contributed by atoms with Crippen molar-refractivity contribution in [2.45, 2.75) is 19.9 Å². The fourth-order valence-corrected chi connectivity index (χ4v) is 3.00. The number of aromatic nitrogens is 1. The van der Waals surface area contributed by atoms with Gasteiger partial charge in [-0.3, -0.25) is 4.79 Å². The van der Waals surface area contributed by atoms with Gasteiger partial charge in [-0.1, -0.05) is 49.3 Å². The second-order valence-electron chi connectivity index (χ2n) is 7.36. The molecule has 1 aromatic heterocycles. The average molecular weight is 436 g/mol. The molecule has 0 saturated carbocycles. The third-order valence-electron chi connectivity index (χ3n) is 4.58. The molecule has 3 aromatic rings. The number of nitrogens with one attached hydrogen (secondary N) is 1. The molecule has 166 valence electrons. The van der Waals surface area contributed by atoms with Crippen LogP contribution < -0.4 is 15.8 Å². The van der Waals surface area contributed by atoms with E-state index in [-0.39, 0.29) is 42.0 Å². The maximum atomic E-state index is 13.2. The smallest absolute Gasteiger partial charge is 0.261 e. The molecule has 0 fully saturated rings. The molecule has 0 aliphatic carbocycles. The first-order valence-electron chi connectivity index (χ1n) is 10.1. The molecule has 3 N–H and O–H groups in total. The number of carbonyl (C=O) groups excluding carboxylic acids is 1. The van der Waals surface area contributed by atoms with Gasteiger partial charge in [-0.05, 0) is 47.9 Å². The number of oxime groups is 1. The van der Waals surface area contributed by atoms with Crippen molar-refractivity contribution in [1.29, 1.82) is 0 Å². The van der Waals surface area contributed by atoms with E-state index in [4.69, 9.17) is 15.3 Å². The largest absolute Gasteiger partial charge is 0.438 e. The number of ether oxygens (including phenoxy) is 1. The Bertz CT molecular complexity index is 1060. The van der Waals surface area contributed by atoms with Crippen LogP contribution >= 0.6 is 0 Å². The molecule has 0 bridgehead atoms. The zero-order valence-corrected chi connectivity index (χ0v) is 17.9. The first kappa shape index (κ1) is 22.7. The summed E-state index contributed by atoms with van der Waals surface area (Å²) in [6, 6.07) is 18.2. The molecule has 1 unspecified atom stereocenters. The lowest BCUT2D eigenvalue weighted by atomic mass is 9.96. The first-order valence-corrected chi connectivity index (χ1v) is 10.1. The van der Waals surface area contributed by atoms with E-state index in [1.54, 1.807) is 42.6 Å². The van der Waals surface area contributed by atoms with E-state index in [0.29, 0.717) is 11.3 Å². The molecular formula is C24H25FN4O3. The van der Waals surface area contributed by atoms with Crippen molar-refractivity contribution in [3.63, 3.8) is 0 Å². The van der Waals surface area contributed by atoms with Crippen LogP contribution in [0.15, 0.2) is 78.1 Å². The number of benzene rings is 2. The van der Waals surface area contributed by atoms with Crippen LogP contribution in [0.3, 0.4) is 0 Å². The molecule has 32 heavy (non-hydrogen) atoms. The van der Waals surface area contributed by atoms with Gasteiger partial charge in [-0.2, -0.15) is 0 Å². The predicted octanol–water partition coefficient (Wildman–Crippen LogP) is 4.16. The summed E-state index contributed by atoms with van der Waals surface area (Å²) >= 11 is 0. The monoisotopic (exact) mass is 436 g/mol. The number of para-hydroxylation sites is 1. The van der Waals surface area contributed by atoms with Gasteiger partial charge in [0.15, 0.2) is 12.4 Å². The minimum absolute atomic E-state index is 0.0239. The number of pyridine rings is 1. The van der Waals surface area contributed by atoms with Crippen LogP contribution in [0.1, 0.15) is 31.0 Å². The lowest BCUT2D eigenvalue weighted by Gasteiger charge is -2.22. The van der Waals surface area contributed by atoms with E-state index >= 15 is 0 Å². The fourth-order valence-electron chi connectivity index (χ4n) is 3.00. The van der Waals surface area contributed by atoms with Crippen LogP contribution in [-0.4, -0.2) is 23.3 Å². The van der Waals surface area contributed by atoms with Gasteiger partial charge < -0.3 is 20.6 Å². The molecule has 2 aromatic carbocycles. The number of amidine groups is 1. The highest BCUT2D eigenvalue weighted by molar-refractivity contribution is 5.99. The molecule has 1 heterocycles. The van der Waals surface area contributed by atoms with Gasteiger partial charge in [0.05, 0.1) is 11.6 Å². The number of hydrogen-bond donors (Lipinski definition) is 2. The van der Waals surface area contributed by atoms with E-state index in [1.807, 2.05) is 32.0 Å². The van der Waals surface area contributed by atoms with E-state index in [2.05, 4.69) is 15.5 Å². The Morgan fingerprint density at radius 3 is 2.50 bits per heavy atom. The van der Waals surface area contributed by atoms with Crippen molar-refractivity contribution < 1.29 is 18.8 Å². The number of nitrogens with two attached hydrogens (primary N) is 1. The van der Waals surface area contributed by atoms with Gasteiger partial charge in [-0.25, -0.2) is 9.37 Å². The summed E-state index contributed by atoms with van der Waals surface area (Å²) in [5, 5.41) is 6.71. The first-order chi connectivity index (χ1) is 15.4. The highest BCUT2D eigenvalue weighted by Crippen LogP contribution is 2.23. The van der Waals surface area contributed by atoms with Gasteiger partial charge in [0.2, 0.25) is 5.88 Å². The summed E-state index contributed by atoms with van der Waals surface area (Å²) in [7, 11) is 0. The average Bonchev–Trinajstić information content (AvgIpc) is 2.79. The zero-order chi connectivity index (χ0) is 22.9. The van der Waals surface area contributed by atoms with Crippen molar-refractivity contribution in [1.82, 2.24) is 10.3 Å².